The number of rotatable bonds is 5. The molecule has 0 atom stereocenters. The third kappa shape index (κ3) is 4.60. The zero-order chi connectivity index (χ0) is 11.1. The molecular weight excluding hydrogens is 180 g/mol. The standard InChI is InChI=1S/C11H16O3/c1-5-6-10(9(4)12)11(13)14-7-8(2)3/h5-6,8H,1,7H2,2-4H3. The number of hydrogen-bond acceptors (Lipinski definition) is 3. The Morgan fingerprint density at radius 3 is 2.36 bits per heavy atom. The minimum atomic E-state index is -0.578. The fraction of sp³-hybridized carbons (Fsp3) is 0.455. The van der Waals surface area contributed by atoms with Gasteiger partial charge in [0.1, 0.15) is 5.57 Å². The zero-order valence-electron chi connectivity index (χ0n) is 8.87. The van der Waals surface area contributed by atoms with E-state index < -0.39 is 5.97 Å². The van der Waals surface area contributed by atoms with Crippen LogP contribution in [0.15, 0.2) is 24.3 Å². The Morgan fingerprint density at radius 1 is 1.43 bits per heavy atom. The van der Waals surface area contributed by atoms with Gasteiger partial charge in [-0.1, -0.05) is 26.5 Å². The van der Waals surface area contributed by atoms with E-state index in [2.05, 4.69) is 6.58 Å². The molecule has 0 amide bonds. The number of allylic oxidation sites excluding steroid dienone is 2. The van der Waals surface area contributed by atoms with E-state index in [4.69, 9.17) is 4.74 Å². The molecule has 0 saturated carbocycles. The summed E-state index contributed by atoms with van der Waals surface area (Å²) in [6.45, 7) is 8.93. The zero-order valence-corrected chi connectivity index (χ0v) is 8.87. The molecule has 3 heteroatoms. The van der Waals surface area contributed by atoms with Crippen LogP contribution in [0.2, 0.25) is 0 Å². The minimum absolute atomic E-state index is 0.0423. The molecule has 0 saturated heterocycles. The van der Waals surface area contributed by atoms with Crippen molar-refractivity contribution in [3.8, 4) is 0 Å². The van der Waals surface area contributed by atoms with Crippen molar-refractivity contribution >= 4 is 11.8 Å². The van der Waals surface area contributed by atoms with Crippen LogP contribution in [0, 0.1) is 5.92 Å². The van der Waals surface area contributed by atoms with Crippen molar-refractivity contribution < 1.29 is 14.3 Å². The summed E-state index contributed by atoms with van der Waals surface area (Å²) in [6.07, 6.45) is 2.76. The lowest BCUT2D eigenvalue weighted by Gasteiger charge is -2.07. The highest BCUT2D eigenvalue weighted by molar-refractivity contribution is 6.16. The second-order valence-corrected chi connectivity index (χ2v) is 3.36. The summed E-state index contributed by atoms with van der Waals surface area (Å²) in [7, 11) is 0. The highest BCUT2D eigenvalue weighted by atomic mass is 16.5. The van der Waals surface area contributed by atoms with Gasteiger partial charge in [0.25, 0.3) is 0 Å². The molecule has 0 heterocycles. The molecule has 14 heavy (non-hydrogen) atoms. The Kier molecular flexibility index (Phi) is 5.53. The predicted octanol–water partition coefficient (Wildman–Crippen LogP) is 1.89. The average Bonchev–Trinajstić information content (AvgIpc) is 2.09. The SMILES string of the molecule is C=CC=C(C(C)=O)C(=O)OCC(C)C. The van der Waals surface area contributed by atoms with Gasteiger partial charge in [0.2, 0.25) is 0 Å². The van der Waals surface area contributed by atoms with Crippen molar-refractivity contribution in [2.75, 3.05) is 6.61 Å². The Morgan fingerprint density at radius 2 is 2.00 bits per heavy atom. The van der Waals surface area contributed by atoms with Crippen LogP contribution in [-0.4, -0.2) is 18.4 Å². The van der Waals surface area contributed by atoms with Gasteiger partial charge in [-0.2, -0.15) is 0 Å². The van der Waals surface area contributed by atoms with Gasteiger partial charge in [0, 0.05) is 0 Å². The van der Waals surface area contributed by atoms with Gasteiger partial charge in [0.05, 0.1) is 6.61 Å². The van der Waals surface area contributed by atoms with Gasteiger partial charge in [-0.05, 0) is 18.9 Å². The summed E-state index contributed by atoms with van der Waals surface area (Å²) >= 11 is 0. The van der Waals surface area contributed by atoms with E-state index in [-0.39, 0.29) is 17.3 Å². The first kappa shape index (κ1) is 12.6. The Balaban J connectivity index is 4.39. The molecule has 78 valence electrons. The summed E-state index contributed by atoms with van der Waals surface area (Å²) in [4.78, 5) is 22.3. The summed E-state index contributed by atoms with van der Waals surface area (Å²) in [5, 5.41) is 0. The molecule has 0 N–H and O–H groups in total. The number of hydrogen-bond donors (Lipinski definition) is 0. The predicted molar refractivity (Wildman–Crippen MR) is 54.8 cm³/mol. The Labute approximate surface area is 84.4 Å². The average molecular weight is 196 g/mol. The minimum Gasteiger partial charge on any atom is -0.462 e. The van der Waals surface area contributed by atoms with Crippen LogP contribution in [0.5, 0.6) is 0 Å². The number of carbonyl (C=O) groups excluding carboxylic acids is 2. The van der Waals surface area contributed by atoms with Crippen molar-refractivity contribution in [1.29, 1.82) is 0 Å². The molecule has 0 aromatic carbocycles. The normalized spacial score (nSPS) is 11.3. The second-order valence-electron chi connectivity index (χ2n) is 3.36. The van der Waals surface area contributed by atoms with E-state index >= 15 is 0 Å². The molecule has 3 nitrogen and oxygen atoms in total. The van der Waals surface area contributed by atoms with Gasteiger partial charge in [0.15, 0.2) is 5.78 Å². The molecule has 0 bridgehead atoms. The first-order valence-electron chi connectivity index (χ1n) is 4.49. The molecular formula is C11H16O3. The van der Waals surface area contributed by atoms with Crippen LogP contribution in [0.25, 0.3) is 0 Å². The van der Waals surface area contributed by atoms with Crippen molar-refractivity contribution in [3.05, 3.63) is 24.3 Å². The monoisotopic (exact) mass is 196 g/mol. The molecule has 0 aromatic heterocycles. The van der Waals surface area contributed by atoms with E-state index in [1.165, 1.54) is 19.1 Å². The van der Waals surface area contributed by atoms with E-state index in [0.717, 1.165) is 0 Å². The molecule has 0 aliphatic carbocycles. The largest absolute Gasteiger partial charge is 0.462 e. The van der Waals surface area contributed by atoms with E-state index in [1.54, 1.807) is 0 Å². The lowest BCUT2D eigenvalue weighted by molar-refractivity contribution is -0.141. The maximum atomic E-state index is 11.3. The van der Waals surface area contributed by atoms with Crippen molar-refractivity contribution in [1.82, 2.24) is 0 Å². The van der Waals surface area contributed by atoms with Crippen molar-refractivity contribution in [3.63, 3.8) is 0 Å². The van der Waals surface area contributed by atoms with E-state index in [1.807, 2.05) is 13.8 Å². The highest BCUT2D eigenvalue weighted by Crippen LogP contribution is 2.02. The number of Topliss-reactive ketones (excluding diaryl/α,β-unsaturated/α-hetero) is 1. The summed E-state index contributed by atoms with van der Waals surface area (Å²) in [5.74, 6) is -0.624. The molecule has 0 radical (unpaired) electrons. The highest BCUT2D eigenvalue weighted by Gasteiger charge is 2.15. The maximum Gasteiger partial charge on any atom is 0.341 e. The molecule has 0 fully saturated rings. The molecule has 0 aromatic rings. The van der Waals surface area contributed by atoms with Crippen molar-refractivity contribution in [2.45, 2.75) is 20.8 Å². The third-order valence-corrected chi connectivity index (χ3v) is 1.43. The summed E-state index contributed by atoms with van der Waals surface area (Å²) in [6, 6.07) is 0. The number of ether oxygens (including phenoxy) is 1. The van der Waals surface area contributed by atoms with Crippen LogP contribution < -0.4 is 0 Å². The molecule has 0 rings (SSSR count). The van der Waals surface area contributed by atoms with Crippen LogP contribution in [0.4, 0.5) is 0 Å². The van der Waals surface area contributed by atoms with Crippen LogP contribution >= 0.6 is 0 Å². The fourth-order valence-electron chi connectivity index (χ4n) is 0.767. The smallest absolute Gasteiger partial charge is 0.341 e. The van der Waals surface area contributed by atoms with E-state index in [0.29, 0.717) is 6.61 Å². The fourth-order valence-corrected chi connectivity index (χ4v) is 0.767. The lowest BCUT2D eigenvalue weighted by Crippen LogP contribution is -2.16. The molecule has 0 aliphatic heterocycles. The quantitative estimate of drug-likeness (QED) is 0.222. The van der Waals surface area contributed by atoms with Gasteiger partial charge < -0.3 is 4.74 Å². The lowest BCUT2D eigenvalue weighted by atomic mass is 10.1. The van der Waals surface area contributed by atoms with Crippen LogP contribution in [-0.2, 0) is 14.3 Å². The van der Waals surface area contributed by atoms with Crippen LogP contribution in [0.3, 0.4) is 0 Å². The first-order chi connectivity index (χ1) is 6.49. The topological polar surface area (TPSA) is 43.4 Å². The Bertz CT molecular complexity index is 262. The first-order valence-corrected chi connectivity index (χ1v) is 4.49. The second kappa shape index (κ2) is 6.13. The van der Waals surface area contributed by atoms with Crippen LogP contribution in [0.1, 0.15) is 20.8 Å². The summed E-state index contributed by atoms with van der Waals surface area (Å²) in [5.41, 5.74) is 0.0423. The Hall–Kier alpha value is -1.38. The van der Waals surface area contributed by atoms with Gasteiger partial charge in [-0.15, -0.1) is 0 Å². The third-order valence-electron chi connectivity index (χ3n) is 1.43. The molecule has 0 spiro atoms. The van der Waals surface area contributed by atoms with Gasteiger partial charge in [-0.25, -0.2) is 4.79 Å². The van der Waals surface area contributed by atoms with Gasteiger partial charge in [-0.3, -0.25) is 4.79 Å². The number of esters is 1. The van der Waals surface area contributed by atoms with E-state index in [9.17, 15) is 9.59 Å². The number of carbonyl (C=O) groups is 2. The number of ketones is 1. The summed E-state index contributed by atoms with van der Waals surface area (Å²) < 4.78 is 4.90. The van der Waals surface area contributed by atoms with Gasteiger partial charge >= 0.3 is 5.97 Å². The maximum absolute atomic E-state index is 11.3. The molecule has 0 unspecified atom stereocenters. The van der Waals surface area contributed by atoms with Crippen molar-refractivity contribution in [2.24, 2.45) is 5.92 Å². The molecule has 0 aliphatic rings.